The van der Waals surface area contributed by atoms with Crippen LogP contribution < -0.4 is 21.5 Å². The quantitative estimate of drug-likeness (QED) is 0.0668. The Hall–Kier alpha value is -7.20. The summed E-state index contributed by atoms with van der Waals surface area (Å²) >= 11 is 0. The van der Waals surface area contributed by atoms with Crippen molar-refractivity contribution in [3.63, 3.8) is 0 Å². The lowest BCUT2D eigenvalue weighted by molar-refractivity contribution is -0.126. The van der Waals surface area contributed by atoms with Gasteiger partial charge in [-0.25, -0.2) is 10.9 Å². The van der Waals surface area contributed by atoms with Crippen molar-refractivity contribution in [1.29, 1.82) is 0 Å². The average molecular weight is 745 g/mol. The lowest BCUT2D eigenvalue weighted by Gasteiger charge is -2.17. The minimum absolute atomic E-state index is 0.219. The normalized spacial score (nSPS) is 11.9. The van der Waals surface area contributed by atoms with E-state index in [4.69, 9.17) is 0 Å². The fraction of sp³-hybridized carbons (Fsp3) is 0.130. The summed E-state index contributed by atoms with van der Waals surface area (Å²) in [6.45, 7) is 3.29. The number of nitrogens with one attached hydrogen (secondary N) is 4. The van der Waals surface area contributed by atoms with Gasteiger partial charge in [-0.2, -0.15) is 10.2 Å². The first kappa shape index (κ1) is 40.0. The van der Waals surface area contributed by atoms with Gasteiger partial charge in [0.2, 0.25) is 11.8 Å². The van der Waals surface area contributed by atoms with E-state index in [1.165, 1.54) is 12.4 Å². The molecule has 0 saturated heterocycles. The molecule has 5 aromatic carbocycles. The van der Waals surface area contributed by atoms with Crippen LogP contribution in [0.1, 0.15) is 59.1 Å². The van der Waals surface area contributed by atoms with E-state index in [-0.39, 0.29) is 24.9 Å². The van der Waals surface area contributed by atoms with Crippen LogP contribution in [0, 0.1) is 0 Å². The first-order valence-electron chi connectivity index (χ1n) is 18.1. The highest BCUT2D eigenvalue weighted by Crippen LogP contribution is 2.26. The summed E-state index contributed by atoms with van der Waals surface area (Å²) in [6, 6.07) is 45.5. The van der Waals surface area contributed by atoms with Gasteiger partial charge in [-0.15, -0.1) is 0 Å². The van der Waals surface area contributed by atoms with Gasteiger partial charge in [0.15, 0.2) is 0 Å². The van der Waals surface area contributed by atoms with Gasteiger partial charge in [0.05, 0.1) is 37.4 Å². The number of hydrogen-bond donors (Lipinski definition) is 4. The molecule has 10 nitrogen and oxygen atoms in total. The Morgan fingerprint density at radius 1 is 0.464 bits per heavy atom. The lowest BCUT2D eigenvalue weighted by atomic mass is 9.90. The summed E-state index contributed by atoms with van der Waals surface area (Å²) in [4.78, 5) is 51.2. The van der Waals surface area contributed by atoms with E-state index in [1.807, 2.05) is 172 Å². The number of allylic oxidation sites excluding steroid dienone is 2. The zero-order valence-electron chi connectivity index (χ0n) is 31.3. The second kappa shape index (κ2) is 20.9. The van der Waals surface area contributed by atoms with Crippen molar-refractivity contribution in [2.45, 2.75) is 25.7 Å². The van der Waals surface area contributed by atoms with E-state index in [0.717, 1.165) is 44.5 Å². The molecule has 4 N–H and O–H groups in total. The van der Waals surface area contributed by atoms with Gasteiger partial charge in [0.25, 0.3) is 11.8 Å². The van der Waals surface area contributed by atoms with E-state index in [1.54, 1.807) is 0 Å². The molecule has 0 radical (unpaired) electrons. The number of rotatable bonds is 16. The highest BCUT2D eigenvalue weighted by molar-refractivity contribution is 5.93. The summed E-state index contributed by atoms with van der Waals surface area (Å²) in [5.41, 5.74) is 11.7. The molecule has 5 rings (SSSR count). The van der Waals surface area contributed by atoms with Crippen LogP contribution in [0.4, 0.5) is 0 Å². The Bertz CT molecular complexity index is 1950. The molecule has 10 heteroatoms. The Labute approximate surface area is 327 Å². The molecular weight excluding hydrogens is 701 g/mol. The van der Waals surface area contributed by atoms with Crippen LogP contribution in [0.15, 0.2) is 167 Å². The van der Waals surface area contributed by atoms with Gasteiger partial charge in [-0.3, -0.25) is 19.2 Å². The van der Waals surface area contributed by atoms with Crippen LogP contribution >= 0.6 is 0 Å². The summed E-state index contributed by atoms with van der Waals surface area (Å²) < 4.78 is 0. The van der Waals surface area contributed by atoms with E-state index in [9.17, 15) is 19.2 Å². The van der Waals surface area contributed by atoms with Crippen molar-refractivity contribution in [2.24, 2.45) is 10.2 Å². The molecule has 0 unspecified atom stereocenters. The second-order valence-electron chi connectivity index (χ2n) is 13.0. The Balaban J connectivity index is 1.05. The summed E-state index contributed by atoms with van der Waals surface area (Å²) in [5.74, 6) is -2.53. The molecule has 0 aliphatic carbocycles. The largest absolute Gasteiger partial charge is 0.346 e. The molecule has 0 heterocycles. The maximum absolute atomic E-state index is 13.1. The number of amides is 4. The lowest BCUT2D eigenvalue weighted by Crippen LogP contribution is -2.37. The zero-order valence-corrected chi connectivity index (χ0v) is 31.3. The molecule has 5 aromatic rings. The predicted molar refractivity (Wildman–Crippen MR) is 222 cm³/mol. The highest BCUT2D eigenvalue weighted by Gasteiger charge is 2.24. The Morgan fingerprint density at radius 3 is 1.04 bits per heavy atom. The Morgan fingerprint density at radius 2 is 0.750 bits per heavy atom. The van der Waals surface area contributed by atoms with Crippen LogP contribution in [0.25, 0.3) is 12.2 Å². The third-order valence-electron chi connectivity index (χ3n) is 8.54. The van der Waals surface area contributed by atoms with E-state index >= 15 is 0 Å². The maximum atomic E-state index is 13.1. The highest BCUT2D eigenvalue weighted by atomic mass is 16.2. The fourth-order valence-electron chi connectivity index (χ4n) is 5.89. The molecule has 0 aromatic heterocycles. The van der Waals surface area contributed by atoms with Crippen molar-refractivity contribution in [3.8, 4) is 0 Å². The number of hydrazone groups is 2. The van der Waals surface area contributed by atoms with Crippen LogP contribution in [-0.2, 0) is 19.2 Å². The zero-order chi connectivity index (χ0) is 39.5. The number of benzene rings is 5. The van der Waals surface area contributed by atoms with Crippen LogP contribution in [-0.4, -0.2) is 49.1 Å². The monoisotopic (exact) mass is 744 g/mol. The van der Waals surface area contributed by atoms with Gasteiger partial charge in [0, 0.05) is 0 Å². The minimum atomic E-state index is -0.544. The van der Waals surface area contributed by atoms with E-state index in [2.05, 4.69) is 31.7 Å². The van der Waals surface area contributed by atoms with Crippen LogP contribution in [0.5, 0.6) is 0 Å². The van der Waals surface area contributed by atoms with Crippen molar-refractivity contribution in [1.82, 2.24) is 21.5 Å². The predicted octanol–water partition coefficient (Wildman–Crippen LogP) is 6.59. The molecule has 282 valence electrons. The smallest absolute Gasteiger partial charge is 0.259 e. The topological polar surface area (TPSA) is 141 Å². The van der Waals surface area contributed by atoms with E-state index in [0.29, 0.717) is 0 Å². The maximum Gasteiger partial charge on any atom is 0.259 e. The fourth-order valence-corrected chi connectivity index (χ4v) is 5.89. The number of nitrogens with zero attached hydrogens (tertiary/aromatic N) is 2. The standard InChI is InChI=1S/C46H44N6O4/c1-33(29-49-51-41(53)31-47-45(55)43(37-15-7-3-8-16-37)38-17-9-4-10-18-38)27-35-23-25-36(26-24-35)28-34(2)30-50-52-42(54)32-48-46(56)44(39-19-11-5-12-20-39)40-21-13-6-14-22-40/h3-30,43-44H,31-32H2,1-2H3,(H,47,55)(H,48,56)(H,51,53)(H,52,54)/b33-27-,34-28+,49-29+,50-30-. The van der Waals surface area contributed by atoms with Crippen molar-refractivity contribution in [3.05, 3.63) is 190 Å². The second-order valence-corrected chi connectivity index (χ2v) is 13.0. The van der Waals surface area contributed by atoms with Crippen molar-refractivity contribution in [2.75, 3.05) is 13.1 Å². The Kier molecular flexibility index (Phi) is 14.9. The van der Waals surface area contributed by atoms with Gasteiger partial charge >= 0.3 is 0 Å². The molecule has 0 aliphatic rings. The third kappa shape index (κ3) is 12.4. The average Bonchev–Trinajstić information content (AvgIpc) is 3.22. The molecule has 0 saturated carbocycles. The van der Waals surface area contributed by atoms with E-state index < -0.39 is 23.7 Å². The van der Waals surface area contributed by atoms with Gasteiger partial charge in [-0.1, -0.05) is 158 Å². The third-order valence-corrected chi connectivity index (χ3v) is 8.54. The molecule has 0 aliphatic heterocycles. The first-order valence-corrected chi connectivity index (χ1v) is 18.1. The van der Waals surface area contributed by atoms with Gasteiger partial charge in [0.1, 0.15) is 0 Å². The molecule has 4 amide bonds. The molecule has 0 atom stereocenters. The molecular formula is C46H44N6O4. The molecule has 0 spiro atoms. The number of carbonyl (C=O) groups excluding carboxylic acids is 4. The minimum Gasteiger partial charge on any atom is -0.346 e. The van der Waals surface area contributed by atoms with Crippen LogP contribution in [0.2, 0.25) is 0 Å². The van der Waals surface area contributed by atoms with Gasteiger partial charge in [-0.05, 0) is 58.4 Å². The number of hydrogen-bond acceptors (Lipinski definition) is 6. The summed E-state index contributed by atoms with van der Waals surface area (Å²) in [6.07, 6.45) is 6.91. The van der Waals surface area contributed by atoms with Crippen molar-refractivity contribution < 1.29 is 19.2 Å². The number of carbonyl (C=O) groups is 4. The van der Waals surface area contributed by atoms with Gasteiger partial charge < -0.3 is 10.6 Å². The summed E-state index contributed by atoms with van der Waals surface area (Å²) in [5, 5.41) is 13.5. The molecule has 0 fully saturated rings. The SMILES string of the molecule is CC(=C/c1ccc(/C=C(C)/C=N\NC(=O)CNC(=O)C(c2ccccc2)c2ccccc2)cc1)/C=N/NC(=O)CNC(=O)C(c1ccccc1)c1ccccc1. The van der Waals surface area contributed by atoms with Crippen molar-refractivity contribution >= 4 is 48.2 Å². The van der Waals surface area contributed by atoms with Crippen LogP contribution in [0.3, 0.4) is 0 Å². The molecule has 56 heavy (non-hydrogen) atoms. The first-order chi connectivity index (χ1) is 27.3. The summed E-state index contributed by atoms with van der Waals surface area (Å²) in [7, 11) is 0. The molecule has 0 bridgehead atoms.